The van der Waals surface area contributed by atoms with Gasteiger partial charge in [-0.05, 0) is 5.56 Å². The molecule has 1 saturated heterocycles. The molecule has 2 N–H and O–H groups in total. The van der Waals surface area contributed by atoms with Gasteiger partial charge in [0, 0.05) is 19.9 Å². The lowest BCUT2D eigenvalue weighted by Crippen LogP contribution is -2.49. The van der Waals surface area contributed by atoms with E-state index in [4.69, 9.17) is 0 Å². The molecule has 2 atom stereocenters. The Morgan fingerprint density at radius 1 is 1.33 bits per heavy atom. The number of aliphatic hydroxyl groups excluding tert-OH is 1. The van der Waals surface area contributed by atoms with Crippen LogP contribution in [0.2, 0.25) is 0 Å². The predicted molar refractivity (Wildman–Crippen MR) is 63.8 cm³/mol. The van der Waals surface area contributed by atoms with Crippen LogP contribution in [0.5, 0.6) is 0 Å². The van der Waals surface area contributed by atoms with Crippen molar-refractivity contribution in [2.24, 2.45) is 0 Å². The largest absolute Gasteiger partial charge is 0.479 e. The molecule has 1 unspecified atom stereocenters. The number of hydrogen-bond donors (Lipinski definition) is 2. The van der Waals surface area contributed by atoms with Gasteiger partial charge in [-0.15, -0.1) is 0 Å². The molecule has 1 amide bonds. The average Bonchev–Trinajstić information content (AvgIpc) is 2.69. The number of likely N-dealkylation sites (tertiary alicyclic amines) is 1. The molecule has 1 aromatic carbocycles. The zero-order valence-electron chi connectivity index (χ0n) is 10.0. The fraction of sp³-hybridized carbons (Fsp3) is 0.385. The molecule has 1 aromatic rings. The highest BCUT2D eigenvalue weighted by Crippen LogP contribution is 2.39. The first-order valence-electron chi connectivity index (χ1n) is 5.73. The van der Waals surface area contributed by atoms with E-state index in [0.717, 1.165) is 0 Å². The molecule has 2 rings (SSSR count). The molecule has 0 saturated carbocycles. The Kier molecular flexibility index (Phi) is 3.09. The summed E-state index contributed by atoms with van der Waals surface area (Å²) in [6.07, 6.45) is -0.795. The second-order valence-electron chi connectivity index (χ2n) is 4.52. The van der Waals surface area contributed by atoms with Gasteiger partial charge in [-0.3, -0.25) is 4.79 Å². The third-order valence-corrected chi connectivity index (χ3v) is 3.37. The number of aliphatic carboxylic acids is 1. The topological polar surface area (TPSA) is 77.8 Å². The number of carboxylic acid groups (broad SMARTS) is 1. The summed E-state index contributed by atoms with van der Waals surface area (Å²) in [6, 6.07) is 8.57. The lowest BCUT2D eigenvalue weighted by Gasteiger charge is -2.34. The Balaban J connectivity index is 2.57. The SMILES string of the molecule is CC(=O)N1CC(O)C[C@]1(C(=O)O)c1ccccc1. The number of aliphatic hydroxyl groups is 1. The fourth-order valence-electron chi connectivity index (χ4n) is 2.59. The van der Waals surface area contributed by atoms with Gasteiger partial charge in [-0.2, -0.15) is 0 Å². The van der Waals surface area contributed by atoms with E-state index in [-0.39, 0.29) is 18.9 Å². The monoisotopic (exact) mass is 249 g/mol. The minimum Gasteiger partial charge on any atom is -0.479 e. The number of carbonyl (C=O) groups is 2. The molecule has 5 nitrogen and oxygen atoms in total. The van der Waals surface area contributed by atoms with E-state index >= 15 is 0 Å². The van der Waals surface area contributed by atoms with Crippen LogP contribution in [-0.4, -0.2) is 39.6 Å². The first-order chi connectivity index (χ1) is 8.48. The average molecular weight is 249 g/mol. The quantitative estimate of drug-likeness (QED) is 0.803. The molecular weight excluding hydrogens is 234 g/mol. The Bertz CT molecular complexity index is 473. The zero-order chi connectivity index (χ0) is 13.3. The first-order valence-corrected chi connectivity index (χ1v) is 5.73. The van der Waals surface area contributed by atoms with Crippen LogP contribution >= 0.6 is 0 Å². The van der Waals surface area contributed by atoms with Gasteiger partial charge in [0.1, 0.15) is 0 Å². The number of carboxylic acids is 1. The lowest BCUT2D eigenvalue weighted by molar-refractivity contribution is -0.156. The van der Waals surface area contributed by atoms with Gasteiger partial charge in [0.15, 0.2) is 5.54 Å². The number of rotatable bonds is 2. The maximum Gasteiger partial charge on any atom is 0.334 e. The summed E-state index contributed by atoms with van der Waals surface area (Å²) in [5, 5.41) is 19.3. The number of amides is 1. The zero-order valence-corrected chi connectivity index (χ0v) is 10.0. The minimum absolute atomic E-state index is 0.0198. The highest BCUT2D eigenvalue weighted by atomic mass is 16.4. The maximum absolute atomic E-state index is 11.7. The normalized spacial score (nSPS) is 27.2. The van der Waals surface area contributed by atoms with Crippen LogP contribution in [0.1, 0.15) is 18.9 Å². The van der Waals surface area contributed by atoms with Crippen LogP contribution in [0.3, 0.4) is 0 Å². The van der Waals surface area contributed by atoms with Crippen molar-refractivity contribution in [3.63, 3.8) is 0 Å². The van der Waals surface area contributed by atoms with Gasteiger partial charge < -0.3 is 15.1 Å². The van der Waals surface area contributed by atoms with Crippen LogP contribution in [0.25, 0.3) is 0 Å². The van der Waals surface area contributed by atoms with Gasteiger partial charge in [-0.1, -0.05) is 30.3 Å². The van der Waals surface area contributed by atoms with Crippen molar-refractivity contribution in [3.8, 4) is 0 Å². The van der Waals surface area contributed by atoms with Gasteiger partial charge in [0.25, 0.3) is 0 Å². The van der Waals surface area contributed by atoms with Crippen molar-refractivity contribution in [2.75, 3.05) is 6.54 Å². The second-order valence-corrected chi connectivity index (χ2v) is 4.52. The molecule has 1 aliphatic heterocycles. The Labute approximate surface area is 105 Å². The van der Waals surface area contributed by atoms with Crippen LogP contribution < -0.4 is 0 Å². The fourth-order valence-corrected chi connectivity index (χ4v) is 2.59. The minimum atomic E-state index is -1.45. The molecule has 96 valence electrons. The smallest absolute Gasteiger partial charge is 0.334 e. The summed E-state index contributed by atoms with van der Waals surface area (Å²) in [5.74, 6) is -1.46. The van der Waals surface area contributed by atoms with Crippen LogP contribution in [0, 0.1) is 0 Å². The van der Waals surface area contributed by atoms with Crippen LogP contribution in [-0.2, 0) is 15.1 Å². The molecule has 5 heteroatoms. The summed E-state index contributed by atoms with van der Waals surface area (Å²) < 4.78 is 0. The molecule has 0 spiro atoms. The standard InChI is InChI=1S/C13H15NO4/c1-9(15)14-8-11(16)7-13(14,12(17)18)10-5-3-2-4-6-10/h2-6,11,16H,7-8H2,1H3,(H,17,18)/t11?,13-/m1/s1. The molecule has 0 radical (unpaired) electrons. The van der Waals surface area contributed by atoms with Crippen LogP contribution in [0.4, 0.5) is 0 Å². The number of benzene rings is 1. The summed E-state index contributed by atoms with van der Waals surface area (Å²) in [7, 11) is 0. The van der Waals surface area contributed by atoms with Gasteiger partial charge >= 0.3 is 5.97 Å². The number of hydrogen-bond acceptors (Lipinski definition) is 3. The molecule has 0 bridgehead atoms. The summed E-state index contributed by atoms with van der Waals surface area (Å²) >= 11 is 0. The predicted octanol–water partition coefficient (Wildman–Crippen LogP) is 0.580. The molecular formula is C13H15NO4. The summed E-state index contributed by atoms with van der Waals surface area (Å²) in [4.78, 5) is 24.5. The Morgan fingerprint density at radius 2 is 1.94 bits per heavy atom. The van der Waals surface area contributed by atoms with Gasteiger partial charge in [0.05, 0.1) is 6.10 Å². The molecule has 1 fully saturated rings. The second kappa shape index (κ2) is 4.42. The molecule has 18 heavy (non-hydrogen) atoms. The van der Waals surface area contributed by atoms with Crippen molar-refractivity contribution in [1.29, 1.82) is 0 Å². The number of nitrogens with zero attached hydrogens (tertiary/aromatic N) is 1. The van der Waals surface area contributed by atoms with Crippen molar-refractivity contribution in [1.82, 2.24) is 4.90 Å². The van der Waals surface area contributed by atoms with Crippen molar-refractivity contribution < 1.29 is 19.8 Å². The van der Waals surface area contributed by atoms with E-state index in [1.165, 1.54) is 11.8 Å². The van der Waals surface area contributed by atoms with E-state index in [9.17, 15) is 19.8 Å². The summed E-state index contributed by atoms with van der Waals surface area (Å²) in [5.41, 5.74) is -0.934. The third-order valence-electron chi connectivity index (χ3n) is 3.37. The molecule has 0 aromatic heterocycles. The van der Waals surface area contributed by atoms with Crippen molar-refractivity contribution in [3.05, 3.63) is 35.9 Å². The van der Waals surface area contributed by atoms with E-state index in [1.807, 2.05) is 0 Å². The van der Waals surface area contributed by atoms with Crippen molar-refractivity contribution >= 4 is 11.9 Å². The van der Waals surface area contributed by atoms with Crippen LogP contribution in [0.15, 0.2) is 30.3 Å². The van der Waals surface area contributed by atoms with Gasteiger partial charge in [0.2, 0.25) is 5.91 Å². The molecule has 1 heterocycles. The number of β-amino-alcohol motifs (C(OH)–C–C–N with tert-alkyl or cyclic N) is 1. The summed E-state index contributed by atoms with van der Waals surface area (Å²) in [6.45, 7) is 1.37. The van der Waals surface area contributed by atoms with E-state index in [2.05, 4.69) is 0 Å². The van der Waals surface area contributed by atoms with Crippen molar-refractivity contribution in [2.45, 2.75) is 25.0 Å². The molecule has 1 aliphatic rings. The maximum atomic E-state index is 11.7. The van der Waals surface area contributed by atoms with E-state index in [1.54, 1.807) is 30.3 Å². The highest BCUT2D eigenvalue weighted by Gasteiger charge is 2.53. The third kappa shape index (κ3) is 1.76. The van der Waals surface area contributed by atoms with E-state index < -0.39 is 17.6 Å². The Hall–Kier alpha value is -1.88. The lowest BCUT2D eigenvalue weighted by atomic mass is 9.86. The number of carbonyl (C=O) groups excluding carboxylic acids is 1. The van der Waals surface area contributed by atoms with Gasteiger partial charge in [-0.25, -0.2) is 4.79 Å². The van der Waals surface area contributed by atoms with E-state index in [0.29, 0.717) is 5.56 Å². The first kappa shape index (κ1) is 12.6. The molecule has 0 aliphatic carbocycles. The Morgan fingerprint density at radius 3 is 2.44 bits per heavy atom. The highest BCUT2D eigenvalue weighted by molar-refractivity contribution is 5.88.